The number of aliphatic carboxylic acids is 1. The molecular weight excluding hydrogens is 270 g/mol. The summed E-state index contributed by atoms with van der Waals surface area (Å²) in [5, 5.41) is 11.8. The molecule has 0 atom stereocenters. The molecule has 2 N–H and O–H groups in total. The molecule has 0 unspecified atom stereocenters. The number of halogens is 1. The van der Waals surface area contributed by atoms with E-state index in [0.29, 0.717) is 12.1 Å². The van der Waals surface area contributed by atoms with Crippen LogP contribution < -0.4 is 5.32 Å². The molecule has 1 aromatic rings. The van der Waals surface area contributed by atoms with E-state index < -0.39 is 5.97 Å². The van der Waals surface area contributed by atoms with Gasteiger partial charge in [-0.05, 0) is 31.5 Å². The summed E-state index contributed by atoms with van der Waals surface area (Å²) in [6, 6.07) is 5.87. The molecule has 0 fully saturated rings. The zero-order valence-electron chi connectivity index (χ0n) is 9.25. The van der Waals surface area contributed by atoms with E-state index >= 15 is 0 Å². The second kappa shape index (κ2) is 5.70. The van der Waals surface area contributed by atoms with Gasteiger partial charge in [-0.1, -0.05) is 28.1 Å². The van der Waals surface area contributed by atoms with E-state index in [1.807, 2.05) is 25.1 Å². The Balaban J connectivity index is 2.66. The monoisotopic (exact) mass is 283 g/mol. The Morgan fingerprint density at radius 2 is 2.25 bits per heavy atom. The number of carbonyl (C=O) groups is 1. The lowest BCUT2D eigenvalue weighted by molar-refractivity contribution is -0.132. The molecule has 1 rings (SSSR count). The fourth-order valence-corrected chi connectivity index (χ4v) is 1.57. The molecule has 0 aliphatic carbocycles. The Bertz CT molecular complexity index is 427. The van der Waals surface area contributed by atoms with Gasteiger partial charge in [-0.2, -0.15) is 0 Å². The van der Waals surface area contributed by atoms with Crippen LogP contribution in [-0.2, 0) is 4.79 Å². The highest BCUT2D eigenvalue weighted by Gasteiger charge is 2.01. The third-order valence-electron chi connectivity index (χ3n) is 2.31. The minimum absolute atomic E-state index is 0.347. The summed E-state index contributed by atoms with van der Waals surface area (Å²) in [4.78, 5) is 10.6. The van der Waals surface area contributed by atoms with Crippen molar-refractivity contribution >= 4 is 27.6 Å². The molecule has 0 spiro atoms. The van der Waals surface area contributed by atoms with Gasteiger partial charge in [0.05, 0.1) is 0 Å². The lowest BCUT2D eigenvalue weighted by Gasteiger charge is -2.08. The Labute approximate surface area is 103 Å². The summed E-state index contributed by atoms with van der Waals surface area (Å²) in [7, 11) is 0. The number of carboxylic acid groups (broad SMARTS) is 1. The van der Waals surface area contributed by atoms with Gasteiger partial charge in [0.15, 0.2) is 0 Å². The van der Waals surface area contributed by atoms with Crippen LogP contribution in [0.2, 0.25) is 0 Å². The fraction of sp³-hybridized carbons (Fsp3) is 0.250. The van der Waals surface area contributed by atoms with Crippen molar-refractivity contribution in [1.82, 2.24) is 0 Å². The molecule has 0 heterocycles. The van der Waals surface area contributed by atoms with Crippen LogP contribution in [-0.4, -0.2) is 17.6 Å². The number of anilines is 1. The number of hydrogen-bond donors (Lipinski definition) is 2. The molecule has 0 radical (unpaired) electrons. The first-order valence-electron chi connectivity index (χ1n) is 4.91. The van der Waals surface area contributed by atoms with Crippen LogP contribution in [0.15, 0.2) is 34.3 Å². The van der Waals surface area contributed by atoms with Crippen LogP contribution in [0.5, 0.6) is 0 Å². The zero-order chi connectivity index (χ0) is 12.1. The van der Waals surface area contributed by atoms with Gasteiger partial charge in [0.2, 0.25) is 0 Å². The van der Waals surface area contributed by atoms with Gasteiger partial charge in [-0.3, -0.25) is 0 Å². The van der Waals surface area contributed by atoms with Crippen LogP contribution in [0.3, 0.4) is 0 Å². The second-order valence-corrected chi connectivity index (χ2v) is 4.34. The van der Waals surface area contributed by atoms with Gasteiger partial charge in [0, 0.05) is 22.3 Å². The Kier molecular flexibility index (Phi) is 4.55. The maximum atomic E-state index is 10.6. The number of benzene rings is 1. The summed E-state index contributed by atoms with van der Waals surface area (Å²) in [6.07, 6.45) is 1.66. The molecule has 0 aliphatic rings. The van der Waals surface area contributed by atoms with E-state index in [2.05, 4.69) is 21.2 Å². The van der Waals surface area contributed by atoms with Crippen LogP contribution in [0.1, 0.15) is 12.5 Å². The molecule has 0 amide bonds. The number of carboxylic acids is 1. The molecule has 0 aliphatic heterocycles. The van der Waals surface area contributed by atoms with Gasteiger partial charge >= 0.3 is 5.97 Å². The minimum Gasteiger partial charge on any atom is -0.478 e. The van der Waals surface area contributed by atoms with Crippen molar-refractivity contribution in [2.45, 2.75) is 13.8 Å². The highest BCUT2D eigenvalue weighted by Crippen LogP contribution is 2.23. The largest absolute Gasteiger partial charge is 0.478 e. The van der Waals surface area contributed by atoms with Gasteiger partial charge < -0.3 is 10.4 Å². The quantitative estimate of drug-likeness (QED) is 0.835. The lowest BCUT2D eigenvalue weighted by Crippen LogP contribution is -2.04. The average molecular weight is 284 g/mol. The minimum atomic E-state index is -0.882. The smallest absolute Gasteiger partial charge is 0.331 e. The Morgan fingerprint density at radius 3 is 2.88 bits per heavy atom. The molecule has 0 saturated heterocycles. The normalized spacial score (nSPS) is 11.3. The highest BCUT2D eigenvalue weighted by atomic mass is 79.9. The highest BCUT2D eigenvalue weighted by molar-refractivity contribution is 9.10. The van der Waals surface area contributed by atoms with Crippen molar-refractivity contribution in [3.8, 4) is 0 Å². The van der Waals surface area contributed by atoms with E-state index in [0.717, 1.165) is 15.7 Å². The molecule has 86 valence electrons. The van der Waals surface area contributed by atoms with Crippen molar-refractivity contribution in [2.24, 2.45) is 0 Å². The third-order valence-corrected chi connectivity index (χ3v) is 3.16. The molecule has 0 saturated carbocycles. The van der Waals surface area contributed by atoms with Crippen LogP contribution in [0.4, 0.5) is 5.69 Å². The summed E-state index contributed by atoms with van der Waals surface area (Å²) in [5.74, 6) is -0.882. The third kappa shape index (κ3) is 3.38. The van der Waals surface area contributed by atoms with Crippen LogP contribution in [0, 0.1) is 6.92 Å². The first kappa shape index (κ1) is 12.8. The average Bonchev–Trinajstić information content (AvgIpc) is 2.24. The fourth-order valence-electron chi connectivity index (χ4n) is 1.20. The molecule has 0 aromatic heterocycles. The van der Waals surface area contributed by atoms with E-state index in [4.69, 9.17) is 5.11 Å². The SMILES string of the molecule is C/C(=C/CNc1cccc(Br)c1C)C(=O)O. The maximum Gasteiger partial charge on any atom is 0.331 e. The Hall–Kier alpha value is -1.29. The van der Waals surface area contributed by atoms with Crippen molar-refractivity contribution in [1.29, 1.82) is 0 Å². The number of hydrogen-bond acceptors (Lipinski definition) is 2. The van der Waals surface area contributed by atoms with Crippen LogP contribution >= 0.6 is 15.9 Å². The van der Waals surface area contributed by atoms with Gasteiger partial charge in [0.25, 0.3) is 0 Å². The van der Waals surface area contributed by atoms with Crippen LogP contribution in [0.25, 0.3) is 0 Å². The number of nitrogens with one attached hydrogen (secondary N) is 1. The summed E-state index contributed by atoms with van der Waals surface area (Å²) < 4.78 is 1.04. The Morgan fingerprint density at radius 1 is 1.56 bits per heavy atom. The first-order chi connectivity index (χ1) is 7.52. The van der Waals surface area contributed by atoms with Crippen molar-refractivity contribution in [2.75, 3.05) is 11.9 Å². The molecule has 16 heavy (non-hydrogen) atoms. The van der Waals surface area contributed by atoms with Crippen molar-refractivity contribution in [3.63, 3.8) is 0 Å². The maximum absolute atomic E-state index is 10.6. The van der Waals surface area contributed by atoms with Crippen molar-refractivity contribution in [3.05, 3.63) is 39.9 Å². The molecule has 1 aromatic carbocycles. The topological polar surface area (TPSA) is 49.3 Å². The standard InChI is InChI=1S/C12H14BrNO2/c1-8(12(15)16)6-7-14-11-5-3-4-10(13)9(11)2/h3-6,14H,7H2,1-2H3,(H,15,16)/b8-6-. The van der Waals surface area contributed by atoms with E-state index in [1.165, 1.54) is 0 Å². The predicted octanol–water partition coefficient (Wildman–Crippen LogP) is 3.20. The van der Waals surface area contributed by atoms with Gasteiger partial charge in [-0.15, -0.1) is 0 Å². The van der Waals surface area contributed by atoms with Gasteiger partial charge in [0.1, 0.15) is 0 Å². The first-order valence-corrected chi connectivity index (χ1v) is 5.70. The van der Waals surface area contributed by atoms with Gasteiger partial charge in [-0.25, -0.2) is 4.79 Å². The summed E-state index contributed by atoms with van der Waals surface area (Å²) in [5.41, 5.74) is 2.47. The molecule has 3 nitrogen and oxygen atoms in total. The summed E-state index contributed by atoms with van der Waals surface area (Å²) in [6.45, 7) is 4.09. The van der Waals surface area contributed by atoms with E-state index in [-0.39, 0.29) is 0 Å². The predicted molar refractivity (Wildman–Crippen MR) is 68.8 cm³/mol. The molecule has 0 bridgehead atoms. The second-order valence-electron chi connectivity index (χ2n) is 3.49. The zero-order valence-corrected chi connectivity index (χ0v) is 10.8. The molecule has 4 heteroatoms. The van der Waals surface area contributed by atoms with E-state index in [9.17, 15) is 4.79 Å². The van der Waals surface area contributed by atoms with Crippen molar-refractivity contribution < 1.29 is 9.90 Å². The number of rotatable bonds is 4. The molecular formula is C12H14BrNO2. The van der Waals surface area contributed by atoms with E-state index in [1.54, 1.807) is 13.0 Å². The lowest BCUT2D eigenvalue weighted by atomic mass is 10.2. The summed E-state index contributed by atoms with van der Waals surface area (Å²) >= 11 is 3.44.